The topological polar surface area (TPSA) is 70.7 Å². The number of hydrogen-bond acceptors (Lipinski definition) is 3. The Morgan fingerprint density at radius 3 is 2.67 bits per heavy atom. The number of halogens is 4. The molecule has 1 saturated carbocycles. The molecule has 0 bridgehead atoms. The van der Waals surface area contributed by atoms with Gasteiger partial charge in [-0.05, 0) is 54.7 Å². The molecule has 1 aliphatic carbocycles. The van der Waals surface area contributed by atoms with Gasteiger partial charge in [-0.15, -0.1) is 11.6 Å². The standard InChI is InChI=1S/C24H20ClF3N4O/c25-20(10-9-15-7-8-15)17-4-2-5-18(12-17)30-23(33)21-13-22(24(26,27)28)31-32(21)19-6-1-3-16(11-19)14-29/h1-6,11-13,15,20H,7-10H2,(H,30,33). The number of nitrogens with one attached hydrogen (secondary N) is 1. The molecule has 1 atom stereocenters. The van der Waals surface area contributed by atoms with Gasteiger partial charge in [-0.1, -0.05) is 31.0 Å². The zero-order valence-electron chi connectivity index (χ0n) is 17.4. The molecule has 1 N–H and O–H groups in total. The number of nitrogens with zero attached hydrogens (tertiary/aromatic N) is 3. The second kappa shape index (κ2) is 9.28. The molecule has 3 aromatic rings. The molecule has 0 aliphatic heterocycles. The number of anilines is 1. The Bertz CT molecular complexity index is 1210. The minimum Gasteiger partial charge on any atom is -0.321 e. The van der Waals surface area contributed by atoms with E-state index in [9.17, 15) is 18.0 Å². The lowest BCUT2D eigenvalue weighted by atomic mass is 10.1. The highest BCUT2D eigenvalue weighted by atomic mass is 35.5. The number of alkyl halides is 4. The van der Waals surface area contributed by atoms with Crippen LogP contribution in [0.5, 0.6) is 0 Å². The predicted octanol–water partition coefficient (Wildman–Crippen LogP) is 6.49. The van der Waals surface area contributed by atoms with Gasteiger partial charge in [0.1, 0.15) is 5.69 Å². The summed E-state index contributed by atoms with van der Waals surface area (Å²) < 4.78 is 40.9. The molecule has 33 heavy (non-hydrogen) atoms. The third-order valence-corrected chi connectivity index (χ3v) is 5.95. The lowest BCUT2D eigenvalue weighted by molar-refractivity contribution is -0.141. The van der Waals surface area contributed by atoms with Gasteiger partial charge in [0, 0.05) is 11.8 Å². The van der Waals surface area contributed by atoms with Crippen molar-refractivity contribution in [2.45, 2.75) is 37.2 Å². The summed E-state index contributed by atoms with van der Waals surface area (Å²) in [7, 11) is 0. The number of aromatic nitrogens is 2. The summed E-state index contributed by atoms with van der Waals surface area (Å²) in [6, 6.07) is 15.5. The van der Waals surface area contributed by atoms with Crippen molar-refractivity contribution in [1.82, 2.24) is 9.78 Å². The van der Waals surface area contributed by atoms with Gasteiger partial charge in [-0.3, -0.25) is 4.79 Å². The summed E-state index contributed by atoms with van der Waals surface area (Å²) >= 11 is 6.51. The first-order valence-corrected chi connectivity index (χ1v) is 10.9. The van der Waals surface area contributed by atoms with E-state index >= 15 is 0 Å². The third-order valence-electron chi connectivity index (χ3n) is 5.48. The van der Waals surface area contributed by atoms with Crippen LogP contribution in [0.2, 0.25) is 0 Å². The Morgan fingerprint density at radius 2 is 1.97 bits per heavy atom. The highest BCUT2D eigenvalue weighted by molar-refractivity contribution is 6.20. The lowest BCUT2D eigenvalue weighted by Crippen LogP contribution is -2.17. The molecule has 1 aliphatic rings. The minimum atomic E-state index is -4.74. The van der Waals surface area contributed by atoms with Gasteiger partial charge in [0.2, 0.25) is 0 Å². The quantitative estimate of drug-likeness (QED) is 0.400. The summed E-state index contributed by atoms with van der Waals surface area (Å²) in [6.07, 6.45) is -0.387. The Labute approximate surface area is 193 Å². The average molecular weight is 473 g/mol. The number of carbonyl (C=O) groups excluding carboxylic acids is 1. The van der Waals surface area contributed by atoms with Crippen molar-refractivity contribution in [3.05, 3.63) is 77.1 Å². The first-order chi connectivity index (χ1) is 15.7. The summed E-state index contributed by atoms with van der Waals surface area (Å²) in [5.74, 6) is -0.0154. The number of carbonyl (C=O) groups is 1. The van der Waals surface area contributed by atoms with Crippen molar-refractivity contribution in [2.24, 2.45) is 5.92 Å². The van der Waals surface area contributed by atoms with Crippen LogP contribution in [0, 0.1) is 17.2 Å². The molecule has 1 unspecified atom stereocenters. The molecule has 5 nitrogen and oxygen atoms in total. The number of amides is 1. The van der Waals surface area contributed by atoms with Crippen molar-refractivity contribution in [3.8, 4) is 11.8 Å². The molecular weight excluding hydrogens is 453 g/mol. The Balaban J connectivity index is 1.60. The highest BCUT2D eigenvalue weighted by Gasteiger charge is 2.36. The molecule has 2 aromatic carbocycles. The van der Waals surface area contributed by atoms with Gasteiger partial charge < -0.3 is 5.32 Å². The van der Waals surface area contributed by atoms with E-state index in [4.69, 9.17) is 16.9 Å². The first-order valence-electron chi connectivity index (χ1n) is 10.5. The van der Waals surface area contributed by atoms with E-state index < -0.39 is 17.8 Å². The maximum Gasteiger partial charge on any atom is 0.435 e. The van der Waals surface area contributed by atoms with Crippen LogP contribution in [0.3, 0.4) is 0 Å². The van der Waals surface area contributed by atoms with Crippen molar-refractivity contribution in [3.63, 3.8) is 0 Å². The molecule has 4 rings (SSSR count). The van der Waals surface area contributed by atoms with E-state index in [1.54, 1.807) is 18.2 Å². The maximum absolute atomic E-state index is 13.3. The van der Waals surface area contributed by atoms with Crippen molar-refractivity contribution in [1.29, 1.82) is 5.26 Å². The molecule has 9 heteroatoms. The zero-order valence-corrected chi connectivity index (χ0v) is 18.2. The fourth-order valence-electron chi connectivity index (χ4n) is 3.55. The van der Waals surface area contributed by atoms with Gasteiger partial charge in [0.25, 0.3) is 5.91 Å². The van der Waals surface area contributed by atoms with Gasteiger partial charge in [-0.25, -0.2) is 4.68 Å². The van der Waals surface area contributed by atoms with Crippen LogP contribution in [0.25, 0.3) is 5.69 Å². The normalized spacial score (nSPS) is 14.5. The van der Waals surface area contributed by atoms with E-state index in [1.165, 1.54) is 37.1 Å². The predicted molar refractivity (Wildman–Crippen MR) is 118 cm³/mol. The Hall–Kier alpha value is -3.31. The monoisotopic (exact) mass is 472 g/mol. The molecule has 170 valence electrons. The fourth-order valence-corrected chi connectivity index (χ4v) is 3.81. The van der Waals surface area contributed by atoms with Crippen LogP contribution >= 0.6 is 11.6 Å². The second-order valence-electron chi connectivity index (χ2n) is 8.05. The second-order valence-corrected chi connectivity index (χ2v) is 8.58. The van der Waals surface area contributed by atoms with Gasteiger partial charge >= 0.3 is 6.18 Å². The van der Waals surface area contributed by atoms with E-state index in [0.29, 0.717) is 11.8 Å². The first kappa shape index (κ1) is 22.9. The van der Waals surface area contributed by atoms with Crippen molar-refractivity contribution < 1.29 is 18.0 Å². The summed E-state index contributed by atoms with van der Waals surface area (Å²) in [5.41, 5.74) is 0.144. The van der Waals surface area contributed by atoms with Crippen molar-refractivity contribution in [2.75, 3.05) is 5.32 Å². The van der Waals surface area contributed by atoms with E-state index in [-0.39, 0.29) is 22.3 Å². The molecule has 1 aromatic heterocycles. The van der Waals surface area contributed by atoms with E-state index in [0.717, 1.165) is 29.0 Å². The van der Waals surface area contributed by atoms with Crippen molar-refractivity contribution >= 4 is 23.2 Å². The molecule has 1 fully saturated rings. The van der Waals surface area contributed by atoms with Crippen LogP contribution in [0.1, 0.15) is 58.4 Å². The van der Waals surface area contributed by atoms with Crippen LogP contribution in [0.4, 0.5) is 18.9 Å². The van der Waals surface area contributed by atoms with Gasteiger partial charge in [0.15, 0.2) is 5.69 Å². The van der Waals surface area contributed by atoms with Gasteiger partial charge in [-0.2, -0.15) is 23.5 Å². The summed E-state index contributed by atoms with van der Waals surface area (Å²) in [5, 5.41) is 15.1. The number of benzene rings is 2. The largest absolute Gasteiger partial charge is 0.435 e. The van der Waals surface area contributed by atoms with Gasteiger partial charge in [0.05, 0.1) is 22.7 Å². The smallest absolute Gasteiger partial charge is 0.321 e. The van der Waals surface area contributed by atoms with Crippen LogP contribution in [-0.4, -0.2) is 15.7 Å². The number of hydrogen-bond donors (Lipinski definition) is 1. The Kier molecular flexibility index (Phi) is 6.43. The maximum atomic E-state index is 13.3. The summed E-state index contributed by atoms with van der Waals surface area (Å²) in [6.45, 7) is 0. The SMILES string of the molecule is N#Cc1cccc(-n2nc(C(F)(F)F)cc2C(=O)Nc2cccc(C(Cl)CCC3CC3)c2)c1. The Morgan fingerprint density at radius 1 is 1.21 bits per heavy atom. The molecule has 0 saturated heterocycles. The third kappa shape index (κ3) is 5.55. The highest BCUT2D eigenvalue weighted by Crippen LogP contribution is 2.38. The zero-order chi connectivity index (χ0) is 23.6. The number of nitriles is 1. The average Bonchev–Trinajstić information content (AvgIpc) is 3.51. The summed E-state index contributed by atoms with van der Waals surface area (Å²) in [4.78, 5) is 13.0. The van der Waals surface area contributed by atoms with Crippen LogP contribution < -0.4 is 5.32 Å². The minimum absolute atomic E-state index is 0.171. The molecule has 1 heterocycles. The lowest BCUT2D eigenvalue weighted by Gasteiger charge is -2.12. The molecular formula is C24H20ClF3N4O. The molecule has 0 radical (unpaired) electrons. The van der Waals surface area contributed by atoms with E-state index in [1.807, 2.05) is 12.1 Å². The number of rotatable bonds is 7. The van der Waals surface area contributed by atoms with Crippen LogP contribution in [0.15, 0.2) is 54.6 Å². The molecule has 0 spiro atoms. The fraction of sp³-hybridized carbons (Fsp3) is 0.292. The molecule has 1 amide bonds. The van der Waals surface area contributed by atoms with E-state index in [2.05, 4.69) is 10.4 Å². The van der Waals surface area contributed by atoms with Crippen LogP contribution in [-0.2, 0) is 6.18 Å².